The van der Waals surface area contributed by atoms with Crippen LogP contribution in [0.25, 0.3) is 0 Å². The molecule has 0 spiro atoms. The summed E-state index contributed by atoms with van der Waals surface area (Å²) < 4.78 is 0. The van der Waals surface area contributed by atoms with Gasteiger partial charge in [-0.05, 0) is 38.5 Å². The van der Waals surface area contributed by atoms with Gasteiger partial charge < -0.3 is 10.2 Å². The third-order valence-electron chi connectivity index (χ3n) is 3.17. The second kappa shape index (κ2) is 3.91. The summed E-state index contributed by atoms with van der Waals surface area (Å²) in [6.07, 6.45) is 0. The number of carbonyl (C=O) groups is 1. The Balaban J connectivity index is 2.59. The van der Waals surface area contributed by atoms with E-state index in [1.54, 1.807) is 11.9 Å². The van der Waals surface area contributed by atoms with Crippen LogP contribution in [-0.4, -0.2) is 19.5 Å². The van der Waals surface area contributed by atoms with Gasteiger partial charge in [0.1, 0.15) is 0 Å². The molecule has 1 aliphatic rings. The van der Waals surface area contributed by atoms with Gasteiger partial charge in [-0.25, -0.2) is 0 Å². The number of amides is 1. The molecule has 1 aromatic carbocycles. The van der Waals surface area contributed by atoms with Gasteiger partial charge in [-0.2, -0.15) is 0 Å². The Morgan fingerprint density at radius 2 is 2.06 bits per heavy atom. The molecule has 17 heavy (non-hydrogen) atoms. The van der Waals surface area contributed by atoms with Gasteiger partial charge in [-0.3, -0.25) is 4.79 Å². The maximum absolute atomic E-state index is 12.3. The van der Waals surface area contributed by atoms with Gasteiger partial charge in [0.25, 0.3) is 0 Å². The average molecular weight is 253 g/mol. The molecule has 0 saturated carbocycles. The summed E-state index contributed by atoms with van der Waals surface area (Å²) in [6, 6.07) is 3.89. The van der Waals surface area contributed by atoms with Gasteiger partial charge in [0.15, 0.2) is 0 Å². The van der Waals surface area contributed by atoms with Gasteiger partial charge in [-0.1, -0.05) is 11.6 Å². The largest absolute Gasteiger partial charge is 0.381 e. The molecule has 0 fully saturated rings. The lowest BCUT2D eigenvalue weighted by Gasteiger charge is -2.25. The molecule has 1 aliphatic heterocycles. The minimum atomic E-state index is -0.426. The molecule has 92 valence electrons. The number of carbonyl (C=O) groups excluding carboxylic acids is 1. The number of benzene rings is 1. The third kappa shape index (κ3) is 2.00. The topological polar surface area (TPSA) is 32.3 Å². The lowest BCUT2D eigenvalue weighted by atomic mass is 9.92. The molecule has 3 nitrogen and oxygen atoms in total. The van der Waals surface area contributed by atoms with Crippen LogP contribution >= 0.6 is 11.6 Å². The molecule has 1 N–H and O–H groups in total. The highest BCUT2D eigenvalue weighted by molar-refractivity contribution is 6.34. The van der Waals surface area contributed by atoms with Crippen LogP contribution in [-0.2, 0) is 4.79 Å². The van der Waals surface area contributed by atoms with Crippen LogP contribution in [0.15, 0.2) is 12.1 Å². The van der Waals surface area contributed by atoms with E-state index in [9.17, 15) is 4.79 Å². The highest BCUT2D eigenvalue weighted by Gasteiger charge is 2.35. The summed E-state index contributed by atoms with van der Waals surface area (Å²) in [5.74, 6) is 0.102. The minimum absolute atomic E-state index is 0.102. The van der Waals surface area contributed by atoms with Crippen LogP contribution in [0.4, 0.5) is 11.4 Å². The first-order valence-corrected chi connectivity index (χ1v) is 6.03. The predicted molar refractivity (Wildman–Crippen MR) is 71.9 cm³/mol. The third-order valence-corrected chi connectivity index (χ3v) is 3.46. The number of halogens is 1. The van der Waals surface area contributed by atoms with E-state index in [1.807, 2.05) is 32.9 Å². The number of aryl methyl sites for hydroxylation is 1. The van der Waals surface area contributed by atoms with Crippen molar-refractivity contribution >= 4 is 28.9 Å². The van der Waals surface area contributed by atoms with Crippen molar-refractivity contribution in [2.45, 2.75) is 20.8 Å². The first-order chi connectivity index (χ1) is 7.83. The van der Waals surface area contributed by atoms with Crippen molar-refractivity contribution in [1.82, 2.24) is 0 Å². The van der Waals surface area contributed by atoms with Gasteiger partial charge in [0.2, 0.25) is 5.91 Å². The van der Waals surface area contributed by atoms with Crippen molar-refractivity contribution in [2.75, 3.05) is 23.8 Å². The number of fused-ring (bicyclic) bond motifs is 1. The molecular weight excluding hydrogens is 236 g/mol. The fraction of sp³-hybridized carbons (Fsp3) is 0.462. The summed E-state index contributed by atoms with van der Waals surface area (Å²) in [7, 11) is 1.80. The van der Waals surface area contributed by atoms with Crippen LogP contribution in [0.3, 0.4) is 0 Å². The van der Waals surface area contributed by atoms with E-state index in [2.05, 4.69) is 5.32 Å². The summed E-state index contributed by atoms with van der Waals surface area (Å²) in [5, 5.41) is 3.94. The highest BCUT2D eigenvalue weighted by atomic mass is 35.5. The Morgan fingerprint density at radius 1 is 1.41 bits per heavy atom. The van der Waals surface area contributed by atoms with Crippen molar-refractivity contribution < 1.29 is 4.79 Å². The smallest absolute Gasteiger partial charge is 0.234 e. The summed E-state index contributed by atoms with van der Waals surface area (Å²) in [6.45, 7) is 6.43. The lowest BCUT2D eigenvalue weighted by molar-refractivity contribution is -0.125. The number of hydrogen-bond acceptors (Lipinski definition) is 2. The number of nitrogens with one attached hydrogen (secondary N) is 1. The van der Waals surface area contributed by atoms with E-state index in [-0.39, 0.29) is 5.91 Å². The van der Waals surface area contributed by atoms with E-state index >= 15 is 0 Å². The molecule has 4 heteroatoms. The number of rotatable bonds is 0. The Kier molecular flexibility index (Phi) is 2.82. The average Bonchev–Trinajstić information content (AvgIpc) is 2.31. The van der Waals surface area contributed by atoms with Gasteiger partial charge in [0, 0.05) is 13.6 Å². The minimum Gasteiger partial charge on any atom is -0.381 e. The monoisotopic (exact) mass is 252 g/mol. The van der Waals surface area contributed by atoms with Crippen molar-refractivity contribution in [2.24, 2.45) is 5.41 Å². The maximum atomic E-state index is 12.3. The van der Waals surface area contributed by atoms with Crippen molar-refractivity contribution in [1.29, 1.82) is 0 Å². The predicted octanol–water partition coefficient (Wildman–Crippen LogP) is 3.06. The SMILES string of the molecule is Cc1cc(Cl)c2c(c1)N(C)C(=O)C(C)(C)CN2. The molecule has 0 aliphatic carbocycles. The first-order valence-electron chi connectivity index (χ1n) is 5.65. The molecule has 0 radical (unpaired) electrons. The number of hydrogen-bond donors (Lipinski definition) is 1. The lowest BCUT2D eigenvalue weighted by Crippen LogP contribution is -2.40. The van der Waals surface area contributed by atoms with E-state index in [4.69, 9.17) is 11.6 Å². The van der Waals surface area contributed by atoms with Crippen LogP contribution in [0, 0.1) is 12.3 Å². The van der Waals surface area contributed by atoms with Crippen LogP contribution < -0.4 is 10.2 Å². The van der Waals surface area contributed by atoms with Gasteiger partial charge >= 0.3 is 0 Å². The van der Waals surface area contributed by atoms with Crippen LogP contribution in [0.2, 0.25) is 5.02 Å². The van der Waals surface area contributed by atoms with Gasteiger partial charge in [-0.15, -0.1) is 0 Å². The highest BCUT2D eigenvalue weighted by Crippen LogP contribution is 2.38. The van der Waals surface area contributed by atoms with E-state index in [0.717, 1.165) is 16.9 Å². The second-order valence-electron chi connectivity index (χ2n) is 5.24. The van der Waals surface area contributed by atoms with Crippen molar-refractivity contribution in [3.63, 3.8) is 0 Å². The Hall–Kier alpha value is -1.22. The zero-order valence-corrected chi connectivity index (χ0v) is 11.4. The normalized spacial score (nSPS) is 18.4. The molecule has 2 rings (SSSR count). The summed E-state index contributed by atoms with van der Waals surface area (Å²) >= 11 is 6.23. The molecule has 0 saturated heterocycles. The Bertz CT molecular complexity index is 483. The Labute approximate surface area is 107 Å². The second-order valence-corrected chi connectivity index (χ2v) is 5.65. The summed E-state index contributed by atoms with van der Waals surface area (Å²) in [4.78, 5) is 14.0. The van der Waals surface area contributed by atoms with Crippen LogP contribution in [0.5, 0.6) is 0 Å². The molecule has 0 atom stereocenters. The van der Waals surface area contributed by atoms with Crippen molar-refractivity contribution in [3.05, 3.63) is 22.7 Å². The van der Waals surface area contributed by atoms with E-state index in [1.165, 1.54) is 0 Å². The molecule has 0 bridgehead atoms. The molecule has 1 aromatic rings. The maximum Gasteiger partial charge on any atom is 0.234 e. The standard InChI is InChI=1S/C13H17ClN2O/c1-8-5-9(14)11-10(6-8)16(4)12(17)13(2,3)7-15-11/h5-6,15H,7H2,1-4H3. The quantitative estimate of drug-likeness (QED) is 0.770. The van der Waals surface area contributed by atoms with E-state index < -0.39 is 5.41 Å². The summed E-state index contributed by atoms with van der Waals surface area (Å²) in [5.41, 5.74) is 2.32. The zero-order chi connectivity index (χ0) is 12.8. The molecule has 1 heterocycles. The zero-order valence-electron chi connectivity index (χ0n) is 10.6. The Morgan fingerprint density at radius 3 is 2.71 bits per heavy atom. The molecule has 1 amide bonds. The molecule has 0 aromatic heterocycles. The van der Waals surface area contributed by atoms with Crippen LogP contribution in [0.1, 0.15) is 19.4 Å². The van der Waals surface area contributed by atoms with Crippen molar-refractivity contribution in [3.8, 4) is 0 Å². The van der Waals surface area contributed by atoms with Gasteiger partial charge in [0.05, 0.1) is 21.8 Å². The number of anilines is 2. The number of nitrogens with zero attached hydrogens (tertiary/aromatic N) is 1. The first kappa shape index (κ1) is 12.2. The fourth-order valence-electron chi connectivity index (χ4n) is 2.11. The molecule has 0 unspecified atom stereocenters. The fourth-order valence-corrected chi connectivity index (χ4v) is 2.45. The molecular formula is C13H17ClN2O. The van der Waals surface area contributed by atoms with E-state index in [0.29, 0.717) is 11.6 Å².